The number of sulfone groups is 2. The van der Waals surface area contributed by atoms with Crippen molar-refractivity contribution in [2.24, 2.45) is 0 Å². The van der Waals surface area contributed by atoms with E-state index in [1.165, 1.54) is 12.5 Å². The van der Waals surface area contributed by atoms with Crippen molar-refractivity contribution in [2.45, 2.75) is 35.7 Å². The number of halogens is 1. The summed E-state index contributed by atoms with van der Waals surface area (Å²) in [5.41, 5.74) is 10.7. The molecule has 0 amide bonds. The number of aromatic amines is 2. The molecule has 0 saturated carbocycles. The molecule has 0 spiro atoms. The van der Waals surface area contributed by atoms with Gasteiger partial charge < -0.3 is 20.2 Å². The third kappa shape index (κ3) is 8.78. The molecular weight excluding hydrogens is 853 g/mol. The molecule has 6 aromatic heterocycles. The number of H-pyrrole nitrogens is 2. The summed E-state index contributed by atoms with van der Waals surface area (Å²) in [7, 11) is -6.39. The zero-order chi connectivity index (χ0) is 41.1. The summed E-state index contributed by atoms with van der Waals surface area (Å²) in [4.78, 5) is 35.3. The third-order valence-corrected chi connectivity index (χ3v) is 13.1. The van der Waals surface area contributed by atoms with Crippen LogP contribution in [0.4, 0.5) is 5.69 Å². The minimum atomic E-state index is -3.23. The van der Waals surface area contributed by atoms with Crippen LogP contribution in [0, 0.1) is 0 Å². The van der Waals surface area contributed by atoms with E-state index >= 15 is 0 Å². The quantitative estimate of drug-likeness (QED) is 0.170. The lowest BCUT2D eigenvalue weighted by atomic mass is 9.99. The Balaban J connectivity index is 0.000000138. The van der Waals surface area contributed by atoms with Crippen LogP contribution in [0.3, 0.4) is 0 Å². The number of nitrogens with one attached hydrogen (secondary N) is 3. The molecule has 0 fully saturated rings. The van der Waals surface area contributed by atoms with Gasteiger partial charge in [-0.25, -0.2) is 46.7 Å². The van der Waals surface area contributed by atoms with Gasteiger partial charge in [0.05, 0.1) is 32.6 Å². The Morgan fingerprint density at radius 3 is 1.75 bits per heavy atom. The summed E-state index contributed by atoms with van der Waals surface area (Å²) in [6, 6.07) is 21.7. The van der Waals surface area contributed by atoms with E-state index in [-0.39, 0.29) is 0 Å². The Hall–Kier alpha value is -5.88. The minimum absolute atomic E-state index is 0.303. The molecule has 3 N–H and O–H groups in total. The SMILES string of the molecule is Brc1ccnc2[nH]ccc12.CS(=O)(=O)c1ccc(-c2ncnc3c2CN(c2ccnc4[nH]ccc24)CC3)cc1.CS(=O)(=O)c1ccc(-c2ncnc3c2CNCC3)cc1. The zero-order valence-corrected chi connectivity index (χ0v) is 35.3. The Bertz CT molecular complexity index is 3010. The maximum Gasteiger partial charge on any atom is 0.175 e. The third-order valence-electron chi connectivity index (χ3n) is 10.2. The van der Waals surface area contributed by atoms with Crippen LogP contribution in [0.5, 0.6) is 0 Å². The van der Waals surface area contributed by atoms with Gasteiger partial charge in [0.25, 0.3) is 0 Å². The molecule has 0 radical (unpaired) electrons. The van der Waals surface area contributed by atoms with Gasteiger partial charge in [0, 0.05) is 120 Å². The zero-order valence-electron chi connectivity index (χ0n) is 32.1. The van der Waals surface area contributed by atoms with Crippen molar-refractivity contribution in [1.29, 1.82) is 0 Å². The minimum Gasteiger partial charge on any atom is -0.366 e. The number of aromatic nitrogens is 8. The molecule has 2 aromatic carbocycles. The van der Waals surface area contributed by atoms with Crippen LogP contribution >= 0.6 is 15.9 Å². The first-order valence-electron chi connectivity index (χ1n) is 18.7. The number of pyridine rings is 2. The number of rotatable bonds is 5. The lowest BCUT2D eigenvalue weighted by Crippen LogP contribution is -2.31. The molecule has 10 rings (SSSR count). The number of anilines is 1. The van der Waals surface area contributed by atoms with Crippen LogP contribution in [0.15, 0.2) is 125 Å². The molecule has 0 aliphatic carbocycles. The van der Waals surface area contributed by atoms with Crippen molar-refractivity contribution in [3.05, 3.63) is 137 Å². The van der Waals surface area contributed by atoms with E-state index in [0.29, 0.717) is 16.3 Å². The van der Waals surface area contributed by atoms with Gasteiger partial charge in [-0.15, -0.1) is 0 Å². The normalized spacial score (nSPS) is 13.8. The second-order valence-electron chi connectivity index (χ2n) is 14.1. The molecule has 0 bridgehead atoms. The number of hydrogen-bond acceptors (Lipinski definition) is 12. The summed E-state index contributed by atoms with van der Waals surface area (Å²) >= 11 is 3.42. The predicted molar refractivity (Wildman–Crippen MR) is 231 cm³/mol. The Kier molecular flexibility index (Phi) is 11.3. The van der Waals surface area contributed by atoms with Crippen molar-refractivity contribution >= 4 is 63.4 Å². The molecule has 59 heavy (non-hydrogen) atoms. The lowest BCUT2D eigenvalue weighted by molar-refractivity contribution is 0.600. The highest BCUT2D eigenvalue weighted by Crippen LogP contribution is 2.33. The highest BCUT2D eigenvalue weighted by atomic mass is 79.9. The smallest absolute Gasteiger partial charge is 0.175 e. The van der Waals surface area contributed by atoms with Gasteiger partial charge >= 0.3 is 0 Å². The summed E-state index contributed by atoms with van der Waals surface area (Å²) < 4.78 is 47.6. The number of fused-ring (bicyclic) bond motifs is 4. The van der Waals surface area contributed by atoms with Crippen LogP contribution in [0.25, 0.3) is 44.6 Å². The van der Waals surface area contributed by atoms with E-state index in [2.05, 4.69) is 66.0 Å². The van der Waals surface area contributed by atoms with Gasteiger partial charge in [-0.3, -0.25) is 0 Å². The van der Waals surface area contributed by atoms with Crippen molar-refractivity contribution in [2.75, 3.05) is 30.5 Å². The average molecular weight is 892 g/mol. The van der Waals surface area contributed by atoms with Crippen molar-refractivity contribution in [3.63, 3.8) is 0 Å². The van der Waals surface area contributed by atoms with Crippen molar-refractivity contribution in [1.82, 2.24) is 45.2 Å². The first kappa shape index (κ1) is 39.9. The molecule has 8 heterocycles. The fourth-order valence-corrected chi connectivity index (χ4v) is 8.88. The number of nitrogens with zero attached hydrogens (tertiary/aromatic N) is 7. The van der Waals surface area contributed by atoms with Crippen molar-refractivity contribution < 1.29 is 16.8 Å². The monoisotopic (exact) mass is 890 g/mol. The first-order chi connectivity index (χ1) is 28.4. The molecule has 0 saturated heterocycles. The molecule has 14 nitrogen and oxygen atoms in total. The topological polar surface area (TPSA) is 192 Å². The predicted octanol–water partition coefficient (Wildman–Crippen LogP) is 6.50. The Labute approximate surface area is 349 Å². The fourth-order valence-electron chi connectivity index (χ4n) is 7.18. The van der Waals surface area contributed by atoms with Crippen LogP contribution in [0.2, 0.25) is 0 Å². The molecule has 300 valence electrons. The second kappa shape index (κ2) is 16.8. The number of benzene rings is 2. The standard InChI is InChI=1S/C21H19N5O2S.C14H15N3O2S.C7H5BrN2/c1-29(27,28)15-4-2-14(3-5-15)20-17-12-26(11-8-18(17)24-13-25-20)19-7-10-23-21-16(19)6-9-22-21;1-20(18,19)11-4-2-10(3-5-11)14-12-8-15-7-6-13(12)16-9-17-14;8-6-2-4-10-7-5(6)1-3-9-7/h2-7,9-10,13H,8,11-12H2,1H3,(H,22,23);2-5,9,15H,6-8H2,1H3;1-4H,(H,9,10). The first-order valence-corrected chi connectivity index (χ1v) is 23.2. The fraction of sp³-hybridized carbons (Fsp3) is 0.190. The van der Waals surface area contributed by atoms with Crippen molar-refractivity contribution in [3.8, 4) is 22.5 Å². The van der Waals surface area contributed by atoms with E-state index in [9.17, 15) is 16.8 Å². The average Bonchev–Trinajstić information content (AvgIpc) is 3.94. The van der Waals surface area contributed by atoms with Gasteiger partial charge in [-0.1, -0.05) is 24.3 Å². The molecular formula is C42H39BrN10O4S2. The second-order valence-corrected chi connectivity index (χ2v) is 19.0. The Morgan fingerprint density at radius 2 is 1.15 bits per heavy atom. The van der Waals surface area contributed by atoms with E-state index in [4.69, 9.17) is 0 Å². The summed E-state index contributed by atoms with van der Waals surface area (Å²) in [5, 5.41) is 5.53. The lowest BCUT2D eigenvalue weighted by Gasteiger charge is -2.31. The van der Waals surface area contributed by atoms with Crippen LogP contribution in [-0.4, -0.2) is 82.3 Å². The van der Waals surface area contributed by atoms with E-state index < -0.39 is 19.7 Å². The van der Waals surface area contributed by atoms with Crippen LogP contribution in [-0.2, 0) is 45.6 Å². The molecule has 2 aliphatic heterocycles. The molecule has 8 aromatic rings. The van der Waals surface area contributed by atoms with Gasteiger partial charge in [-0.2, -0.15) is 0 Å². The summed E-state index contributed by atoms with van der Waals surface area (Å²) in [6.07, 6.45) is 14.7. The summed E-state index contributed by atoms with van der Waals surface area (Å²) in [6.45, 7) is 3.22. The van der Waals surface area contributed by atoms with E-state index in [1.54, 1.807) is 55.2 Å². The maximum atomic E-state index is 11.8. The van der Waals surface area contributed by atoms with E-state index in [1.807, 2.05) is 55.0 Å². The maximum absolute atomic E-state index is 11.8. The molecule has 0 atom stereocenters. The summed E-state index contributed by atoms with van der Waals surface area (Å²) in [5.74, 6) is 0. The molecule has 2 aliphatic rings. The van der Waals surface area contributed by atoms with E-state index in [0.717, 1.165) is 110 Å². The van der Waals surface area contributed by atoms with Gasteiger partial charge in [-0.05, 0) is 64.5 Å². The highest BCUT2D eigenvalue weighted by molar-refractivity contribution is 9.10. The molecule has 17 heteroatoms. The van der Waals surface area contributed by atoms with Gasteiger partial charge in [0.1, 0.15) is 23.9 Å². The number of hydrogen-bond donors (Lipinski definition) is 3. The van der Waals surface area contributed by atoms with Crippen LogP contribution in [0.1, 0.15) is 22.5 Å². The Morgan fingerprint density at radius 1 is 0.610 bits per heavy atom. The highest BCUT2D eigenvalue weighted by Gasteiger charge is 2.24. The largest absolute Gasteiger partial charge is 0.366 e. The van der Waals surface area contributed by atoms with Gasteiger partial charge in [0.15, 0.2) is 19.7 Å². The van der Waals surface area contributed by atoms with Gasteiger partial charge in [0.2, 0.25) is 0 Å². The molecule has 0 unspecified atom stereocenters. The van der Waals surface area contributed by atoms with Crippen LogP contribution < -0.4 is 10.2 Å².